The lowest BCUT2D eigenvalue weighted by Crippen LogP contribution is -2.34. The highest BCUT2D eigenvalue weighted by molar-refractivity contribution is 5.29. The minimum absolute atomic E-state index is 0.782. The predicted octanol–water partition coefficient (Wildman–Crippen LogP) is 7.38. The van der Waals surface area contributed by atoms with Crippen molar-refractivity contribution in [3.63, 3.8) is 0 Å². The molecule has 0 N–H and O–H groups in total. The Morgan fingerprint density at radius 3 is 2.00 bits per heavy atom. The number of ether oxygens (including phenoxy) is 1. The molecule has 148 valence electrons. The normalized spacial score (nSPS) is 37.1. The summed E-state index contributed by atoms with van der Waals surface area (Å²) in [6.07, 6.45) is 19.4. The van der Waals surface area contributed by atoms with Crippen molar-refractivity contribution >= 4 is 0 Å². The van der Waals surface area contributed by atoms with Crippen molar-refractivity contribution in [1.82, 2.24) is 0 Å². The fourth-order valence-corrected chi connectivity index (χ4v) is 6.61. The van der Waals surface area contributed by atoms with Crippen molar-refractivity contribution in [1.29, 1.82) is 0 Å². The van der Waals surface area contributed by atoms with Gasteiger partial charge in [-0.15, -0.1) is 0 Å². The van der Waals surface area contributed by atoms with Crippen LogP contribution in [0.15, 0.2) is 36.4 Å². The van der Waals surface area contributed by atoms with Crippen molar-refractivity contribution in [2.45, 2.75) is 77.0 Å². The lowest BCUT2D eigenvalue weighted by atomic mass is 9.60. The second-order valence-corrected chi connectivity index (χ2v) is 9.58. The fourth-order valence-electron chi connectivity index (χ4n) is 6.61. The molecule has 0 aromatic heterocycles. The van der Waals surface area contributed by atoms with Crippen LogP contribution >= 0.6 is 0 Å². The molecule has 0 amide bonds. The monoisotopic (exact) mass is 366 g/mol. The van der Waals surface area contributed by atoms with Crippen LogP contribution in [0.4, 0.5) is 0 Å². The standard InChI is InChI=1S/C26H38O/c1-3-4-19-5-7-20(8-6-19)22-9-11-25-18-23(10-12-24(25)17-22)21-13-15-26(27-2)16-14-21/h3-4,13-16,19-20,22-25H,5-12,17-18H2,1-2H3/b4-3+. The minimum Gasteiger partial charge on any atom is -0.497 e. The highest BCUT2D eigenvalue weighted by atomic mass is 16.5. The van der Waals surface area contributed by atoms with Gasteiger partial charge in [0.2, 0.25) is 0 Å². The average Bonchev–Trinajstić information content (AvgIpc) is 2.74. The first-order chi connectivity index (χ1) is 13.3. The zero-order valence-electron chi connectivity index (χ0n) is 17.4. The maximum absolute atomic E-state index is 5.33. The molecule has 3 fully saturated rings. The van der Waals surface area contributed by atoms with E-state index in [1.54, 1.807) is 19.1 Å². The number of rotatable bonds is 4. The van der Waals surface area contributed by atoms with Crippen molar-refractivity contribution in [2.75, 3.05) is 7.11 Å². The Kier molecular flexibility index (Phi) is 6.25. The van der Waals surface area contributed by atoms with E-state index in [1.807, 2.05) is 0 Å². The molecule has 1 aromatic rings. The molecule has 3 saturated carbocycles. The zero-order valence-corrected chi connectivity index (χ0v) is 17.4. The quantitative estimate of drug-likeness (QED) is 0.505. The maximum atomic E-state index is 5.33. The van der Waals surface area contributed by atoms with Crippen LogP contribution in [0.25, 0.3) is 0 Å². The second kappa shape index (κ2) is 8.84. The molecular weight excluding hydrogens is 328 g/mol. The van der Waals surface area contributed by atoms with Gasteiger partial charge in [-0.25, -0.2) is 0 Å². The Balaban J connectivity index is 1.30. The molecule has 1 heteroatoms. The van der Waals surface area contributed by atoms with Crippen LogP contribution in [0.2, 0.25) is 0 Å². The summed E-state index contributed by atoms with van der Waals surface area (Å²) in [5, 5.41) is 0. The lowest BCUT2D eigenvalue weighted by molar-refractivity contribution is 0.0748. The molecule has 4 atom stereocenters. The van der Waals surface area contributed by atoms with Gasteiger partial charge < -0.3 is 4.74 Å². The van der Waals surface area contributed by atoms with Gasteiger partial charge >= 0.3 is 0 Å². The van der Waals surface area contributed by atoms with E-state index in [-0.39, 0.29) is 0 Å². The molecular formula is C26H38O. The van der Waals surface area contributed by atoms with Crippen LogP contribution < -0.4 is 4.74 Å². The van der Waals surface area contributed by atoms with Crippen molar-refractivity contribution in [2.24, 2.45) is 29.6 Å². The summed E-state index contributed by atoms with van der Waals surface area (Å²) in [5.41, 5.74) is 1.54. The smallest absolute Gasteiger partial charge is 0.118 e. The molecule has 0 aliphatic heterocycles. The first-order valence-corrected chi connectivity index (χ1v) is 11.5. The molecule has 27 heavy (non-hydrogen) atoms. The van der Waals surface area contributed by atoms with Gasteiger partial charge in [0.1, 0.15) is 5.75 Å². The van der Waals surface area contributed by atoms with Crippen molar-refractivity contribution in [3.05, 3.63) is 42.0 Å². The highest BCUT2D eigenvalue weighted by Gasteiger charge is 2.38. The van der Waals surface area contributed by atoms with Crippen LogP contribution in [0.1, 0.15) is 82.6 Å². The van der Waals surface area contributed by atoms with E-state index in [4.69, 9.17) is 4.74 Å². The molecule has 3 aliphatic rings. The Bertz CT molecular complexity index is 608. The summed E-state index contributed by atoms with van der Waals surface area (Å²) in [5.74, 6) is 6.72. The van der Waals surface area contributed by atoms with E-state index in [1.165, 1.54) is 57.8 Å². The first kappa shape index (κ1) is 19.1. The summed E-state index contributed by atoms with van der Waals surface area (Å²) < 4.78 is 5.33. The summed E-state index contributed by atoms with van der Waals surface area (Å²) in [6, 6.07) is 8.89. The van der Waals surface area contributed by atoms with Gasteiger partial charge in [-0.1, -0.05) is 24.3 Å². The number of fused-ring (bicyclic) bond motifs is 1. The maximum Gasteiger partial charge on any atom is 0.118 e. The average molecular weight is 367 g/mol. The predicted molar refractivity (Wildman–Crippen MR) is 114 cm³/mol. The van der Waals surface area contributed by atoms with E-state index >= 15 is 0 Å². The first-order valence-electron chi connectivity index (χ1n) is 11.5. The van der Waals surface area contributed by atoms with E-state index in [2.05, 4.69) is 43.3 Å². The van der Waals surface area contributed by atoms with Crippen LogP contribution in [0.5, 0.6) is 5.75 Å². The fraction of sp³-hybridized carbons (Fsp3) is 0.692. The minimum atomic E-state index is 0.782. The second-order valence-electron chi connectivity index (χ2n) is 9.58. The zero-order chi connectivity index (χ0) is 18.6. The summed E-state index contributed by atoms with van der Waals surface area (Å²) in [6.45, 7) is 2.18. The molecule has 0 spiro atoms. The van der Waals surface area contributed by atoms with E-state index < -0.39 is 0 Å². The molecule has 1 aromatic carbocycles. The van der Waals surface area contributed by atoms with Crippen LogP contribution in [-0.4, -0.2) is 7.11 Å². The molecule has 4 rings (SSSR count). The van der Waals surface area contributed by atoms with Gasteiger partial charge in [-0.2, -0.15) is 0 Å². The lowest BCUT2D eigenvalue weighted by Gasteiger charge is -2.45. The molecule has 0 bridgehead atoms. The molecule has 0 heterocycles. The number of hydrogen-bond acceptors (Lipinski definition) is 1. The third-order valence-electron chi connectivity index (χ3n) is 8.19. The van der Waals surface area contributed by atoms with Gasteiger partial charge in [-0.3, -0.25) is 0 Å². The highest BCUT2D eigenvalue weighted by Crippen LogP contribution is 2.50. The Morgan fingerprint density at radius 2 is 1.33 bits per heavy atom. The molecule has 3 aliphatic carbocycles. The van der Waals surface area contributed by atoms with Gasteiger partial charge in [-0.05, 0) is 124 Å². The molecule has 0 saturated heterocycles. The third-order valence-corrected chi connectivity index (χ3v) is 8.19. The van der Waals surface area contributed by atoms with Gasteiger partial charge in [0, 0.05) is 0 Å². The Labute approximate surface area is 166 Å². The topological polar surface area (TPSA) is 9.23 Å². The molecule has 1 nitrogen and oxygen atoms in total. The summed E-state index contributed by atoms with van der Waals surface area (Å²) in [7, 11) is 1.76. The van der Waals surface area contributed by atoms with Crippen LogP contribution in [0.3, 0.4) is 0 Å². The number of benzene rings is 1. The largest absolute Gasteiger partial charge is 0.497 e. The van der Waals surface area contributed by atoms with Crippen molar-refractivity contribution < 1.29 is 4.74 Å². The third kappa shape index (κ3) is 4.44. The van der Waals surface area contributed by atoms with E-state index in [9.17, 15) is 0 Å². The van der Waals surface area contributed by atoms with Crippen LogP contribution in [0, 0.1) is 29.6 Å². The van der Waals surface area contributed by atoms with Crippen LogP contribution in [-0.2, 0) is 0 Å². The Hall–Kier alpha value is -1.24. The SMILES string of the molecule is C/C=C/C1CCC(C2CCC3CC(c4ccc(OC)cc4)CCC3C2)CC1. The number of methoxy groups -OCH3 is 1. The molecule has 4 unspecified atom stereocenters. The van der Waals surface area contributed by atoms with E-state index in [0.29, 0.717) is 0 Å². The summed E-state index contributed by atoms with van der Waals surface area (Å²) in [4.78, 5) is 0. The number of allylic oxidation sites excluding steroid dienone is 2. The Morgan fingerprint density at radius 1 is 0.741 bits per heavy atom. The van der Waals surface area contributed by atoms with Gasteiger partial charge in [0.15, 0.2) is 0 Å². The van der Waals surface area contributed by atoms with Gasteiger partial charge in [0.25, 0.3) is 0 Å². The van der Waals surface area contributed by atoms with E-state index in [0.717, 1.165) is 41.3 Å². The molecule has 0 radical (unpaired) electrons. The summed E-state index contributed by atoms with van der Waals surface area (Å²) >= 11 is 0. The van der Waals surface area contributed by atoms with Crippen molar-refractivity contribution in [3.8, 4) is 5.75 Å². The number of hydrogen-bond donors (Lipinski definition) is 0. The van der Waals surface area contributed by atoms with Gasteiger partial charge in [0.05, 0.1) is 7.11 Å².